The van der Waals surface area contributed by atoms with E-state index in [1.165, 1.54) is 10.7 Å². The SMILES string of the molecule is NNC(=O)c1ccc2c(Cl)cnn2c1. The number of nitrogen functional groups attached to an aromatic ring is 1. The van der Waals surface area contributed by atoms with Crippen LogP contribution in [-0.2, 0) is 0 Å². The normalized spacial score (nSPS) is 10.4. The molecule has 6 heteroatoms. The van der Waals surface area contributed by atoms with E-state index in [0.717, 1.165) is 5.52 Å². The summed E-state index contributed by atoms with van der Waals surface area (Å²) in [4.78, 5) is 11.2. The van der Waals surface area contributed by atoms with Crippen LogP contribution < -0.4 is 11.3 Å². The number of aromatic nitrogens is 2. The van der Waals surface area contributed by atoms with E-state index in [2.05, 4.69) is 5.10 Å². The Morgan fingerprint density at radius 1 is 1.57 bits per heavy atom. The Balaban J connectivity index is 2.57. The van der Waals surface area contributed by atoms with Crippen LogP contribution in [0.1, 0.15) is 10.4 Å². The molecule has 0 radical (unpaired) electrons. The van der Waals surface area contributed by atoms with Gasteiger partial charge in [-0.05, 0) is 12.1 Å². The number of nitrogens with one attached hydrogen (secondary N) is 1. The van der Waals surface area contributed by atoms with Crippen LogP contribution in [0, 0.1) is 0 Å². The number of fused-ring (bicyclic) bond motifs is 1. The zero-order chi connectivity index (χ0) is 10.1. The van der Waals surface area contributed by atoms with E-state index in [-0.39, 0.29) is 5.91 Å². The number of hydrogen-bond acceptors (Lipinski definition) is 3. The maximum absolute atomic E-state index is 11.2. The van der Waals surface area contributed by atoms with Crippen molar-refractivity contribution in [2.24, 2.45) is 5.84 Å². The molecular formula is C8H7ClN4O. The van der Waals surface area contributed by atoms with E-state index >= 15 is 0 Å². The van der Waals surface area contributed by atoms with E-state index < -0.39 is 0 Å². The van der Waals surface area contributed by atoms with E-state index in [4.69, 9.17) is 17.4 Å². The second-order valence-electron chi connectivity index (χ2n) is 2.71. The third kappa shape index (κ3) is 1.32. The van der Waals surface area contributed by atoms with Crippen LogP contribution >= 0.6 is 11.6 Å². The molecular weight excluding hydrogens is 204 g/mol. The van der Waals surface area contributed by atoms with Gasteiger partial charge in [-0.1, -0.05) is 11.6 Å². The topological polar surface area (TPSA) is 72.4 Å². The van der Waals surface area contributed by atoms with Crippen molar-refractivity contribution in [3.8, 4) is 0 Å². The average Bonchev–Trinajstić information content (AvgIpc) is 2.59. The number of carbonyl (C=O) groups is 1. The van der Waals surface area contributed by atoms with E-state index in [9.17, 15) is 4.79 Å². The van der Waals surface area contributed by atoms with Crippen molar-refractivity contribution in [3.05, 3.63) is 35.1 Å². The predicted molar refractivity (Wildman–Crippen MR) is 51.9 cm³/mol. The summed E-state index contributed by atoms with van der Waals surface area (Å²) in [5, 5.41) is 4.51. The van der Waals surface area contributed by atoms with Crippen molar-refractivity contribution < 1.29 is 4.79 Å². The van der Waals surface area contributed by atoms with Crippen LogP contribution in [0.25, 0.3) is 5.52 Å². The Hall–Kier alpha value is -1.59. The number of hydrazine groups is 1. The van der Waals surface area contributed by atoms with Crippen molar-refractivity contribution in [1.29, 1.82) is 0 Å². The molecule has 0 aromatic carbocycles. The number of amides is 1. The smallest absolute Gasteiger partial charge is 0.266 e. The molecule has 0 fully saturated rings. The molecule has 0 unspecified atom stereocenters. The van der Waals surface area contributed by atoms with Gasteiger partial charge in [0.15, 0.2) is 0 Å². The largest absolute Gasteiger partial charge is 0.290 e. The first-order valence-corrected chi connectivity index (χ1v) is 4.24. The molecule has 0 bridgehead atoms. The monoisotopic (exact) mass is 210 g/mol. The lowest BCUT2D eigenvalue weighted by molar-refractivity contribution is 0.0953. The van der Waals surface area contributed by atoms with Gasteiger partial charge in [0.2, 0.25) is 0 Å². The van der Waals surface area contributed by atoms with Gasteiger partial charge in [0.1, 0.15) is 0 Å². The first kappa shape index (κ1) is 8.98. The number of carbonyl (C=O) groups excluding carboxylic acids is 1. The van der Waals surface area contributed by atoms with E-state index in [0.29, 0.717) is 10.6 Å². The minimum absolute atomic E-state index is 0.362. The first-order chi connectivity index (χ1) is 6.72. The minimum Gasteiger partial charge on any atom is -0.290 e. The Morgan fingerprint density at radius 3 is 3.07 bits per heavy atom. The summed E-state index contributed by atoms with van der Waals surface area (Å²) < 4.78 is 1.52. The lowest BCUT2D eigenvalue weighted by atomic mass is 10.2. The summed E-state index contributed by atoms with van der Waals surface area (Å²) in [6, 6.07) is 3.34. The number of rotatable bonds is 1. The van der Waals surface area contributed by atoms with Crippen LogP contribution in [0.2, 0.25) is 5.02 Å². The van der Waals surface area contributed by atoms with E-state index in [1.54, 1.807) is 18.3 Å². The zero-order valence-corrected chi connectivity index (χ0v) is 7.82. The highest BCUT2D eigenvalue weighted by molar-refractivity contribution is 6.33. The molecule has 0 saturated carbocycles. The summed E-state index contributed by atoms with van der Waals surface area (Å²) >= 11 is 5.83. The molecule has 0 aliphatic carbocycles. The van der Waals surface area contributed by atoms with Gasteiger partial charge in [0, 0.05) is 6.20 Å². The molecule has 2 rings (SSSR count). The van der Waals surface area contributed by atoms with Gasteiger partial charge in [-0.15, -0.1) is 0 Å². The number of nitrogens with two attached hydrogens (primary N) is 1. The molecule has 5 nitrogen and oxygen atoms in total. The highest BCUT2D eigenvalue weighted by Crippen LogP contribution is 2.16. The molecule has 2 heterocycles. The predicted octanol–water partition coefficient (Wildman–Crippen LogP) is 0.591. The van der Waals surface area contributed by atoms with Gasteiger partial charge in [0.05, 0.1) is 22.3 Å². The zero-order valence-electron chi connectivity index (χ0n) is 7.07. The summed E-state index contributed by atoms with van der Waals surface area (Å²) in [6.45, 7) is 0. The lowest BCUT2D eigenvalue weighted by Gasteiger charge is -1.99. The molecule has 14 heavy (non-hydrogen) atoms. The lowest BCUT2D eigenvalue weighted by Crippen LogP contribution is -2.30. The van der Waals surface area contributed by atoms with Gasteiger partial charge in [-0.3, -0.25) is 10.2 Å². The fourth-order valence-corrected chi connectivity index (χ4v) is 1.36. The number of nitrogens with zero attached hydrogens (tertiary/aromatic N) is 2. The number of pyridine rings is 1. The van der Waals surface area contributed by atoms with Gasteiger partial charge < -0.3 is 0 Å². The molecule has 0 aliphatic heterocycles. The third-order valence-electron chi connectivity index (χ3n) is 1.86. The molecule has 0 atom stereocenters. The fraction of sp³-hybridized carbons (Fsp3) is 0. The summed E-state index contributed by atoms with van der Waals surface area (Å²) in [6.07, 6.45) is 3.07. The second-order valence-corrected chi connectivity index (χ2v) is 3.12. The third-order valence-corrected chi connectivity index (χ3v) is 2.15. The van der Waals surface area contributed by atoms with E-state index in [1.807, 2.05) is 5.43 Å². The molecule has 3 N–H and O–H groups in total. The molecule has 2 aromatic heterocycles. The van der Waals surface area contributed by atoms with Crippen molar-refractivity contribution in [2.75, 3.05) is 0 Å². The highest BCUT2D eigenvalue weighted by Gasteiger charge is 2.06. The standard InChI is InChI=1S/C8H7ClN4O/c9-6-3-11-13-4-5(8(14)12-10)1-2-7(6)13/h1-4H,10H2,(H,12,14). The maximum Gasteiger partial charge on any atom is 0.266 e. The van der Waals surface area contributed by atoms with Crippen LogP contribution in [0.15, 0.2) is 24.5 Å². The van der Waals surface area contributed by atoms with Crippen LogP contribution in [-0.4, -0.2) is 15.5 Å². The van der Waals surface area contributed by atoms with Gasteiger partial charge in [-0.25, -0.2) is 10.4 Å². The second kappa shape index (κ2) is 3.28. The molecule has 0 saturated heterocycles. The Bertz CT molecular complexity index is 493. The first-order valence-electron chi connectivity index (χ1n) is 3.86. The van der Waals surface area contributed by atoms with Gasteiger partial charge in [0.25, 0.3) is 5.91 Å². The van der Waals surface area contributed by atoms with Crippen molar-refractivity contribution >= 4 is 23.0 Å². The van der Waals surface area contributed by atoms with Gasteiger partial charge in [-0.2, -0.15) is 5.10 Å². The van der Waals surface area contributed by atoms with Crippen LogP contribution in [0.4, 0.5) is 0 Å². The summed E-state index contributed by atoms with van der Waals surface area (Å²) in [5.41, 5.74) is 3.22. The Labute approximate surface area is 84.4 Å². The van der Waals surface area contributed by atoms with Gasteiger partial charge >= 0.3 is 0 Å². The average molecular weight is 211 g/mol. The Kier molecular flexibility index (Phi) is 2.11. The minimum atomic E-state index is -0.362. The Morgan fingerprint density at radius 2 is 2.36 bits per heavy atom. The molecule has 2 aromatic rings. The molecule has 1 amide bonds. The maximum atomic E-state index is 11.2. The number of hydrogen-bond donors (Lipinski definition) is 2. The van der Waals surface area contributed by atoms with Crippen molar-refractivity contribution in [1.82, 2.24) is 15.0 Å². The summed E-state index contributed by atoms with van der Waals surface area (Å²) in [5.74, 6) is 4.64. The fourth-order valence-electron chi connectivity index (χ4n) is 1.17. The molecule has 0 spiro atoms. The number of halogens is 1. The quantitative estimate of drug-likeness (QED) is 0.411. The highest BCUT2D eigenvalue weighted by atomic mass is 35.5. The van der Waals surface area contributed by atoms with Crippen molar-refractivity contribution in [2.45, 2.75) is 0 Å². The molecule has 72 valence electrons. The van der Waals surface area contributed by atoms with Crippen molar-refractivity contribution in [3.63, 3.8) is 0 Å². The van der Waals surface area contributed by atoms with Crippen LogP contribution in [0.5, 0.6) is 0 Å². The van der Waals surface area contributed by atoms with Crippen LogP contribution in [0.3, 0.4) is 0 Å². The molecule has 0 aliphatic rings. The summed E-state index contributed by atoms with van der Waals surface area (Å²) in [7, 11) is 0.